The molecule has 0 radical (unpaired) electrons. The quantitative estimate of drug-likeness (QED) is 0.200. The van der Waals surface area contributed by atoms with E-state index in [1.165, 1.54) is 29.2 Å². The van der Waals surface area contributed by atoms with E-state index in [1.807, 2.05) is 0 Å². The first-order valence-corrected chi connectivity index (χ1v) is 10.1. The molecule has 0 aliphatic heterocycles. The first kappa shape index (κ1) is 23.2. The summed E-state index contributed by atoms with van der Waals surface area (Å²) >= 11 is 0.745. The predicted molar refractivity (Wildman–Crippen MR) is 111 cm³/mol. The van der Waals surface area contributed by atoms with E-state index < -0.39 is 34.1 Å². The second kappa shape index (κ2) is 9.77. The highest BCUT2D eigenvalue weighted by molar-refractivity contribution is 8.00. The molecule has 0 saturated carbocycles. The number of amides is 1. The van der Waals surface area contributed by atoms with Gasteiger partial charge in [0.05, 0.1) is 33.4 Å². The van der Waals surface area contributed by atoms with Crippen LogP contribution in [0.3, 0.4) is 0 Å². The SMILES string of the molecule is O=C(CSc1ccc(C(F)(F)F)cc1[N+](=O)[O-])N(Cc1ccccn1)c1ccc(F)cc1. The Morgan fingerprint density at radius 2 is 1.81 bits per heavy atom. The Hall–Kier alpha value is -3.47. The highest BCUT2D eigenvalue weighted by Crippen LogP contribution is 2.36. The van der Waals surface area contributed by atoms with Crippen LogP contribution < -0.4 is 4.90 Å². The first-order chi connectivity index (χ1) is 15.1. The zero-order valence-corrected chi connectivity index (χ0v) is 17.1. The second-order valence-electron chi connectivity index (χ2n) is 6.50. The molecule has 0 aliphatic carbocycles. The van der Waals surface area contributed by atoms with E-state index in [0.717, 1.165) is 23.9 Å². The summed E-state index contributed by atoms with van der Waals surface area (Å²) in [5.74, 6) is -1.27. The Morgan fingerprint density at radius 1 is 1.09 bits per heavy atom. The fraction of sp³-hybridized carbons (Fsp3) is 0.143. The minimum Gasteiger partial charge on any atom is -0.306 e. The van der Waals surface area contributed by atoms with Crippen LogP contribution in [-0.2, 0) is 17.5 Å². The number of hydrogen-bond donors (Lipinski definition) is 0. The molecule has 0 aliphatic rings. The maximum atomic E-state index is 13.3. The molecular weight excluding hydrogens is 450 g/mol. The van der Waals surface area contributed by atoms with Gasteiger partial charge in [-0.25, -0.2) is 4.39 Å². The van der Waals surface area contributed by atoms with Gasteiger partial charge in [-0.2, -0.15) is 13.2 Å². The molecule has 1 amide bonds. The molecule has 3 aromatic rings. The van der Waals surface area contributed by atoms with Gasteiger partial charge in [-0.3, -0.25) is 19.9 Å². The summed E-state index contributed by atoms with van der Waals surface area (Å²) in [5, 5.41) is 11.3. The summed E-state index contributed by atoms with van der Waals surface area (Å²) in [5.41, 5.74) is -0.959. The van der Waals surface area contributed by atoms with Gasteiger partial charge in [0.25, 0.3) is 5.69 Å². The van der Waals surface area contributed by atoms with Crippen LogP contribution in [0, 0.1) is 15.9 Å². The first-order valence-electron chi connectivity index (χ1n) is 9.09. The maximum absolute atomic E-state index is 13.3. The van der Waals surface area contributed by atoms with Crippen molar-refractivity contribution in [3.8, 4) is 0 Å². The summed E-state index contributed by atoms with van der Waals surface area (Å²) in [6.45, 7) is 0.0565. The standard InChI is InChI=1S/C21H15F4N3O3S/c22-15-5-7-17(8-6-15)27(12-16-3-1-2-10-26-16)20(29)13-32-19-9-4-14(21(23,24)25)11-18(19)28(30)31/h1-11H,12-13H2. The fourth-order valence-corrected chi connectivity index (χ4v) is 3.65. The fourth-order valence-electron chi connectivity index (χ4n) is 2.77. The minimum absolute atomic E-state index is 0.0565. The predicted octanol–water partition coefficient (Wildman–Crippen LogP) is 5.47. The van der Waals surface area contributed by atoms with Crippen molar-refractivity contribution in [2.45, 2.75) is 17.6 Å². The summed E-state index contributed by atoms with van der Waals surface area (Å²) in [6, 6.07) is 12.4. The van der Waals surface area contributed by atoms with Gasteiger partial charge >= 0.3 is 6.18 Å². The van der Waals surface area contributed by atoms with E-state index in [-0.39, 0.29) is 17.2 Å². The number of rotatable bonds is 7. The molecular formula is C21H15F4N3O3S. The topological polar surface area (TPSA) is 76.3 Å². The molecule has 0 fully saturated rings. The lowest BCUT2D eigenvalue weighted by molar-refractivity contribution is -0.388. The smallest absolute Gasteiger partial charge is 0.306 e. The van der Waals surface area contributed by atoms with Crippen molar-refractivity contribution in [2.75, 3.05) is 10.7 Å². The van der Waals surface area contributed by atoms with Gasteiger partial charge in [-0.15, -0.1) is 11.8 Å². The molecule has 0 N–H and O–H groups in total. The Bertz CT molecular complexity index is 1110. The van der Waals surface area contributed by atoms with Crippen molar-refractivity contribution >= 4 is 29.0 Å². The number of alkyl halides is 3. The van der Waals surface area contributed by atoms with Gasteiger partial charge in [-0.05, 0) is 48.5 Å². The van der Waals surface area contributed by atoms with Crippen molar-refractivity contribution in [3.63, 3.8) is 0 Å². The van der Waals surface area contributed by atoms with E-state index in [1.54, 1.807) is 24.4 Å². The molecule has 1 aromatic heterocycles. The van der Waals surface area contributed by atoms with Crippen LogP contribution in [0.4, 0.5) is 28.9 Å². The lowest BCUT2D eigenvalue weighted by Crippen LogP contribution is -2.32. The van der Waals surface area contributed by atoms with Crippen molar-refractivity contribution in [2.24, 2.45) is 0 Å². The third kappa shape index (κ3) is 5.82. The summed E-state index contributed by atoms with van der Waals surface area (Å²) in [4.78, 5) is 28.7. The highest BCUT2D eigenvalue weighted by atomic mass is 32.2. The van der Waals surface area contributed by atoms with Crippen molar-refractivity contribution in [1.29, 1.82) is 0 Å². The Kier molecular flexibility index (Phi) is 7.08. The molecule has 6 nitrogen and oxygen atoms in total. The monoisotopic (exact) mass is 465 g/mol. The van der Waals surface area contributed by atoms with Gasteiger partial charge in [0.15, 0.2) is 0 Å². The largest absolute Gasteiger partial charge is 0.416 e. The van der Waals surface area contributed by atoms with Crippen LogP contribution in [-0.4, -0.2) is 21.6 Å². The van der Waals surface area contributed by atoms with Crippen molar-refractivity contribution in [1.82, 2.24) is 4.98 Å². The lowest BCUT2D eigenvalue weighted by atomic mass is 10.2. The Balaban J connectivity index is 1.83. The number of thioether (sulfide) groups is 1. The zero-order chi connectivity index (χ0) is 23.3. The number of pyridine rings is 1. The average Bonchev–Trinajstić information content (AvgIpc) is 2.76. The number of carbonyl (C=O) groups is 1. The highest BCUT2D eigenvalue weighted by Gasteiger charge is 2.33. The van der Waals surface area contributed by atoms with Crippen LogP contribution in [0.1, 0.15) is 11.3 Å². The van der Waals surface area contributed by atoms with E-state index in [2.05, 4.69) is 4.98 Å². The number of halogens is 4. The number of nitro benzene ring substituents is 1. The molecule has 0 atom stereocenters. The van der Waals surface area contributed by atoms with Crippen molar-refractivity contribution in [3.05, 3.63) is 94.0 Å². The molecule has 1 heterocycles. The number of nitro groups is 1. The number of anilines is 1. The van der Waals surface area contributed by atoms with Crippen LogP contribution in [0.15, 0.2) is 71.8 Å². The van der Waals surface area contributed by atoms with Gasteiger partial charge in [-0.1, -0.05) is 6.07 Å². The Labute approximate surface area is 184 Å². The molecule has 32 heavy (non-hydrogen) atoms. The zero-order valence-electron chi connectivity index (χ0n) is 16.3. The molecule has 3 rings (SSSR count). The molecule has 0 spiro atoms. The van der Waals surface area contributed by atoms with Crippen LogP contribution in [0.5, 0.6) is 0 Å². The number of benzene rings is 2. The third-order valence-electron chi connectivity index (χ3n) is 4.32. The second-order valence-corrected chi connectivity index (χ2v) is 7.52. The average molecular weight is 465 g/mol. The molecule has 0 saturated heterocycles. The Morgan fingerprint density at radius 3 is 2.41 bits per heavy atom. The van der Waals surface area contributed by atoms with Gasteiger partial charge in [0, 0.05) is 18.0 Å². The van der Waals surface area contributed by atoms with E-state index >= 15 is 0 Å². The number of hydrogen-bond acceptors (Lipinski definition) is 5. The summed E-state index contributed by atoms with van der Waals surface area (Å²) < 4.78 is 52.0. The molecule has 11 heteroatoms. The van der Waals surface area contributed by atoms with Crippen molar-refractivity contribution < 1.29 is 27.3 Å². The summed E-state index contributed by atoms with van der Waals surface area (Å²) in [7, 11) is 0. The van der Waals surface area contributed by atoms with E-state index in [9.17, 15) is 32.5 Å². The number of aromatic nitrogens is 1. The normalized spacial score (nSPS) is 11.2. The van der Waals surface area contributed by atoms with Crippen LogP contribution in [0.2, 0.25) is 0 Å². The van der Waals surface area contributed by atoms with Gasteiger partial charge < -0.3 is 4.90 Å². The molecule has 2 aromatic carbocycles. The van der Waals surface area contributed by atoms with Crippen LogP contribution in [0.25, 0.3) is 0 Å². The third-order valence-corrected chi connectivity index (χ3v) is 5.37. The lowest BCUT2D eigenvalue weighted by Gasteiger charge is -2.22. The van der Waals surface area contributed by atoms with E-state index in [0.29, 0.717) is 17.4 Å². The van der Waals surface area contributed by atoms with Crippen LogP contribution >= 0.6 is 11.8 Å². The molecule has 0 bridgehead atoms. The van der Waals surface area contributed by atoms with Gasteiger partial charge in [0.1, 0.15) is 5.82 Å². The van der Waals surface area contributed by atoms with Gasteiger partial charge in [0.2, 0.25) is 5.91 Å². The number of carbonyl (C=O) groups excluding carboxylic acids is 1. The minimum atomic E-state index is -4.73. The maximum Gasteiger partial charge on any atom is 0.416 e. The molecule has 166 valence electrons. The summed E-state index contributed by atoms with van der Waals surface area (Å²) in [6.07, 6.45) is -3.19. The molecule has 0 unspecified atom stereocenters. The van der Waals surface area contributed by atoms with E-state index in [4.69, 9.17) is 0 Å². The number of nitrogens with zero attached hydrogens (tertiary/aromatic N) is 3.